The van der Waals surface area contributed by atoms with Crippen LogP contribution < -0.4 is 10.9 Å². The molecular formula is C25H23ClFN5O2. The van der Waals surface area contributed by atoms with Crippen molar-refractivity contribution in [3.63, 3.8) is 0 Å². The Morgan fingerprint density at radius 2 is 1.85 bits per heavy atom. The summed E-state index contributed by atoms with van der Waals surface area (Å²) in [4.78, 5) is 30.9. The molecule has 9 heteroatoms. The fourth-order valence-corrected chi connectivity index (χ4v) is 3.91. The fourth-order valence-electron chi connectivity index (χ4n) is 3.73. The smallest absolute Gasteiger partial charge is 0.258 e. The van der Waals surface area contributed by atoms with Crippen molar-refractivity contribution in [3.05, 3.63) is 104 Å². The Balaban J connectivity index is 1.81. The molecule has 0 aliphatic rings. The second-order valence-corrected chi connectivity index (χ2v) is 8.28. The van der Waals surface area contributed by atoms with E-state index in [0.29, 0.717) is 29.2 Å². The number of benzene rings is 2. The second-order valence-electron chi connectivity index (χ2n) is 7.87. The summed E-state index contributed by atoms with van der Waals surface area (Å²) in [7, 11) is 0. The van der Waals surface area contributed by atoms with Gasteiger partial charge in [-0.2, -0.15) is 9.78 Å². The topological polar surface area (TPSA) is 81.8 Å². The van der Waals surface area contributed by atoms with Crippen LogP contribution >= 0.6 is 11.6 Å². The SMILES string of the molecule is CCc1c(C)nc(-n2nc(C)cc2NC(=O)c2ccc(F)c(Cl)c2)n(Cc2ccccc2)c1=O. The van der Waals surface area contributed by atoms with Crippen LogP contribution in [0.1, 0.15) is 39.8 Å². The van der Waals surface area contributed by atoms with Gasteiger partial charge in [-0.1, -0.05) is 48.9 Å². The van der Waals surface area contributed by atoms with Crippen LogP contribution in [0, 0.1) is 19.7 Å². The number of anilines is 1. The van der Waals surface area contributed by atoms with Gasteiger partial charge in [-0.3, -0.25) is 14.2 Å². The number of aromatic nitrogens is 4. The van der Waals surface area contributed by atoms with Crippen molar-refractivity contribution in [2.45, 2.75) is 33.7 Å². The predicted octanol–water partition coefficient (Wildman–Crippen LogP) is 4.70. The lowest BCUT2D eigenvalue weighted by atomic mass is 10.2. The van der Waals surface area contributed by atoms with Crippen LogP contribution in [0.15, 0.2) is 59.4 Å². The quantitative estimate of drug-likeness (QED) is 0.434. The molecule has 0 atom stereocenters. The molecule has 0 saturated carbocycles. The van der Waals surface area contributed by atoms with Crippen LogP contribution in [-0.4, -0.2) is 25.2 Å². The van der Waals surface area contributed by atoms with E-state index in [1.165, 1.54) is 16.8 Å². The molecule has 4 aromatic rings. The Kier molecular flexibility index (Phi) is 6.61. The average molecular weight is 480 g/mol. The zero-order valence-corrected chi connectivity index (χ0v) is 19.7. The summed E-state index contributed by atoms with van der Waals surface area (Å²) in [6.45, 7) is 5.75. The van der Waals surface area contributed by atoms with E-state index in [0.717, 1.165) is 11.6 Å². The van der Waals surface area contributed by atoms with E-state index in [-0.39, 0.29) is 28.6 Å². The van der Waals surface area contributed by atoms with E-state index in [1.807, 2.05) is 37.3 Å². The molecule has 1 amide bonds. The van der Waals surface area contributed by atoms with Crippen LogP contribution in [0.5, 0.6) is 0 Å². The first-order valence-electron chi connectivity index (χ1n) is 10.8. The molecule has 4 rings (SSSR count). The lowest BCUT2D eigenvalue weighted by molar-refractivity contribution is 0.102. The monoisotopic (exact) mass is 479 g/mol. The molecule has 2 heterocycles. The van der Waals surface area contributed by atoms with Gasteiger partial charge in [0.2, 0.25) is 5.95 Å². The van der Waals surface area contributed by atoms with E-state index >= 15 is 0 Å². The molecule has 0 radical (unpaired) electrons. The Morgan fingerprint density at radius 3 is 2.53 bits per heavy atom. The van der Waals surface area contributed by atoms with Crippen LogP contribution in [0.2, 0.25) is 5.02 Å². The van der Waals surface area contributed by atoms with Gasteiger partial charge in [0.05, 0.1) is 23.0 Å². The van der Waals surface area contributed by atoms with Gasteiger partial charge in [0, 0.05) is 17.2 Å². The number of carbonyl (C=O) groups is 1. The molecule has 34 heavy (non-hydrogen) atoms. The molecule has 0 fully saturated rings. The highest BCUT2D eigenvalue weighted by Gasteiger charge is 2.20. The largest absolute Gasteiger partial charge is 0.306 e. The van der Waals surface area contributed by atoms with E-state index in [4.69, 9.17) is 16.6 Å². The lowest BCUT2D eigenvalue weighted by Gasteiger charge is -2.17. The third-order valence-corrected chi connectivity index (χ3v) is 5.72. The van der Waals surface area contributed by atoms with Crippen molar-refractivity contribution in [1.82, 2.24) is 19.3 Å². The fraction of sp³-hybridized carbons (Fsp3) is 0.200. The van der Waals surface area contributed by atoms with Crippen LogP contribution in [0.4, 0.5) is 10.2 Å². The van der Waals surface area contributed by atoms with Crippen molar-refractivity contribution < 1.29 is 9.18 Å². The summed E-state index contributed by atoms with van der Waals surface area (Å²) < 4.78 is 16.5. The number of rotatable bonds is 6. The zero-order chi connectivity index (χ0) is 24.4. The first kappa shape index (κ1) is 23.4. The maximum atomic E-state index is 13.5. The van der Waals surface area contributed by atoms with Crippen molar-refractivity contribution in [3.8, 4) is 5.95 Å². The number of amides is 1. The van der Waals surface area contributed by atoms with E-state index in [9.17, 15) is 14.0 Å². The minimum Gasteiger partial charge on any atom is -0.306 e. The van der Waals surface area contributed by atoms with E-state index < -0.39 is 11.7 Å². The Morgan fingerprint density at radius 1 is 1.12 bits per heavy atom. The molecule has 2 aromatic carbocycles. The summed E-state index contributed by atoms with van der Waals surface area (Å²) in [5, 5.41) is 7.12. The highest BCUT2D eigenvalue weighted by molar-refractivity contribution is 6.31. The predicted molar refractivity (Wildman–Crippen MR) is 129 cm³/mol. The normalized spacial score (nSPS) is 11.0. The van der Waals surface area contributed by atoms with E-state index in [2.05, 4.69) is 10.4 Å². The molecule has 2 aromatic heterocycles. The minimum absolute atomic E-state index is 0.151. The van der Waals surface area contributed by atoms with Crippen molar-refractivity contribution >= 4 is 23.3 Å². The first-order valence-corrected chi connectivity index (χ1v) is 11.1. The highest BCUT2D eigenvalue weighted by Crippen LogP contribution is 2.20. The van der Waals surface area contributed by atoms with Gasteiger partial charge in [-0.05, 0) is 44.0 Å². The van der Waals surface area contributed by atoms with Gasteiger partial charge in [0.25, 0.3) is 11.5 Å². The van der Waals surface area contributed by atoms with Gasteiger partial charge >= 0.3 is 0 Å². The molecule has 0 saturated heterocycles. The molecule has 174 valence electrons. The van der Waals surface area contributed by atoms with Gasteiger partial charge < -0.3 is 5.32 Å². The number of hydrogen-bond donors (Lipinski definition) is 1. The first-order chi connectivity index (χ1) is 16.3. The van der Waals surface area contributed by atoms with Crippen LogP contribution in [0.25, 0.3) is 5.95 Å². The van der Waals surface area contributed by atoms with Crippen molar-refractivity contribution in [1.29, 1.82) is 0 Å². The summed E-state index contributed by atoms with van der Waals surface area (Å²) in [6.07, 6.45) is 0.541. The Hall–Kier alpha value is -3.78. The van der Waals surface area contributed by atoms with Gasteiger partial charge in [0.15, 0.2) is 0 Å². The highest BCUT2D eigenvalue weighted by atomic mass is 35.5. The molecule has 0 aliphatic heterocycles. The van der Waals surface area contributed by atoms with E-state index in [1.54, 1.807) is 24.5 Å². The minimum atomic E-state index is -0.611. The molecule has 1 N–H and O–H groups in total. The number of aryl methyl sites for hydroxylation is 2. The third kappa shape index (κ3) is 4.63. The molecule has 7 nitrogen and oxygen atoms in total. The van der Waals surface area contributed by atoms with Crippen LogP contribution in [0.3, 0.4) is 0 Å². The number of hydrogen-bond acceptors (Lipinski definition) is 4. The summed E-state index contributed by atoms with van der Waals surface area (Å²) >= 11 is 5.83. The Labute approximate surface area is 200 Å². The Bertz CT molecular complexity index is 1430. The number of halogens is 2. The second kappa shape index (κ2) is 9.61. The molecular weight excluding hydrogens is 457 g/mol. The number of nitrogens with one attached hydrogen (secondary N) is 1. The van der Waals surface area contributed by atoms with Crippen molar-refractivity contribution in [2.24, 2.45) is 0 Å². The third-order valence-electron chi connectivity index (χ3n) is 5.43. The molecule has 0 aliphatic carbocycles. The zero-order valence-electron chi connectivity index (χ0n) is 19.0. The van der Waals surface area contributed by atoms with Gasteiger partial charge in [-0.25, -0.2) is 9.37 Å². The van der Waals surface area contributed by atoms with Crippen LogP contribution in [-0.2, 0) is 13.0 Å². The maximum Gasteiger partial charge on any atom is 0.258 e. The van der Waals surface area contributed by atoms with Gasteiger partial charge in [0.1, 0.15) is 11.6 Å². The summed E-state index contributed by atoms with van der Waals surface area (Å²) in [5.74, 6) is -0.508. The average Bonchev–Trinajstić information content (AvgIpc) is 3.18. The maximum absolute atomic E-state index is 13.5. The lowest BCUT2D eigenvalue weighted by Crippen LogP contribution is -2.31. The number of carbonyl (C=O) groups excluding carboxylic acids is 1. The molecule has 0 spiro atoms. The molecule has 0 unspecified atom stereocenters. The standard InChI is InChI=1S/C25H23ClFN5O2/c1-4-19-16(3)28-25(31(24(19)34)14-17-8-6-5-7-9-17)32-22(12-15(2)30-32)29-23(33)18-10-11-21(27)20(26)13-18/h5-13H,4,14H2,1-3H3,(H,29,33). The number of nitrogens with zero attached hydrogens (tertiary/aromatic N) is 4. The summed E-state index contributed by atoms with van der Waals surface area (Å²) in [6, 6.07) is 15.0. The van der Waals surface area contributed by atoms with Crippen molar-refractivity contribution in [2.75, 3.05) is 5.32 Å². The summed E-state index contributed by atoms with van der Waals surface area (Å²) in [5.41, 5.74) is 2.78. The molecule has 0 bridgehead atoms. The van der Waals surface area contributed by atoms with Gasteiger partial charge in [-0.15, -0.1) is 0 Å².